The number of fused-ring (bicyclic) bond motifs is 1. The summed E-state index contributed by atoms with van der Waals surface area (Å²) in [6.45, 7) is 9.91. The van der Waals surface area contributed by atoms with Crippen LogP contribution in [0.4, 0.5) is 5.82 Å². The lowest BCUT2D eigenvalue weighted by Crippen LogP contribution is -2.52. The third kappa shape index (κ3) is 4.17. The monoisotopic (exact) mass is 391 g/mol. The maximum absolute atomic E-state index is 4.76. The second-order valence-corrected chi connectivity index (χ2v) is 8.99. The summed E-state index contributed by atoms with van der Waals surface area (Å²) in [6.07, 6.45) is 8.10. The van der Waals surface area contributed by atoms with Crippen LogP contribution in [-0.4, -0.2) is 65.1 Å². The van der Waals surface area contributed by atoms with Gasteiger partial charge in [0.05, 0.1) is 5.69 Å². The minimum Gasteiger partial charge on any atom is -0.354 e. The van der Waals surface area contributed by atoms with Crippen LogP contribution in [0.5, 0.6) is 0 Å². The van der Waals surface area contributed by atoms with Gasteiger partial charge in [-0.05, 0) is 31.7 Å². The van der Waals surface area contributed by atoms with Crippen LogP contribution in [0.25, 0.3) is 0 Å². The van der Waals surface area contributed by atoms with E-state index < -0.39 is 0 Å². The molecule has 0 bridgehead atoms. The van der Waals surface area contributed by atoms with E-state index in [1.807, 2.05) is 0 Å². The van der Waals surface area contributed by atoms with Crippen molar-refractivity contribution >= 4 is 5.82 Å². The number of benzene rings is 1. The third-order valence-electron chi connectivity index (χ3n) is 7.09. The van der Waals surface area contributed by atoms with Crippen LogP contribution in [0.3, 0.4) is 0 Å². The molecule has 0 spiro atoms. The van der Waals surface area contributed by atoms with Crippen molar-refractivity contribution in [3.05, 3.63) is 53.0 Å². The molecule has 154 valence electrons. The summed E-state index contributed by atoms with van der Waals surface area (Å²) in [7, 11) is 0. The summed E-state index contributed by atoms with van der Waals surface area (Å²) in [5.41, 5.74) is 5.40. The van der Waals surface area contributed by atoms with E-state index in [9.17, 15) is 0 Å². The summed E-state index contributed by atoms with van der Waals surface area (Å²) in [5.74, 6) is 1.21. The molecule has 1 aromatic heterocycles. The standard InChI is InChI=1S/C24H33N5/c1-19-5-7-20(8-6-19)17-27-11-9-22-23(10-12-27)25-18-26-24(22)29-15-13-28(14-16-29)21-3-2-4-21/h5-8,18,21H,2-4,9-17H2,1H3. The summed E-state index contributed by atoms with van der Waals surface area (Å²) in [5, 5.41) is 0. The van der Waals surface area contributed by atoms with E-state index in [0.29, 0.717) is 0 Å². The van der Waals surface area contributed by atoms with E-state index >= 15 is 0 Å². The maximum atomic E-state index is 4.76. The van der Waals surface area contributed by atoms with Gasteiger partial charge in [0.2, 0.25) is 0 Å². The van der Waals surface area contributed by atoms with Crippen molar-refractivity contribution in [2.45, 2.75) is 51.6 Å². The van der Waals surface area contributed by atoms with Crippen LogP contribution < -0.4 is 4.90 Å². The van der Waals surface area contributed by atoms with Crippen LogP contribution in [0.15, 0.2) is 30.6 Å². The maximum Gasteiger partial charge on any atom is 0.135 e. The van der Waals surface area contributed by atoms with Gasteiger partial charge in [0, 0.05) is 63.8 Å². The van der Waals surface area contributed by atoms with Crippen LogP contribution in [-0.2, 0) is 19.4 Å². The van der Waals surface area contributed by atoms with Gasteiger partial charge in [0.15, 0.2) is 0 Å². The first-order valence-corrected chi connectivity index (χ1v) is 11.4. The van der Waals surface area contributed by atoms with Crippen molar-refractivity contribution in [3.63, 3.8) is 0 Å². The van der Waals surface area contributed by atoms with Crippen LogP contribution in [0.2, 0.25) is 0 Å². The molecule has 2 fully saturated rings. The molecule has 0 atom stereocenters. The molecule has 1 aromatic carbocycles. The molecule has 29 heavy (non-hydrogen) atoms. The first-order chi connectivity index (χ1) is 14.3. The molecule has 3 aliphatic rings. The average molecular weight is 392 g/mol. The second-order valence-electron chi connectivity index (χ2n) is 8.99. The van der Waals surface area contributed by atoms with Gasteiger partial charge in [-0.15, -0.1) is 0 Å². The predicted molar refractivity (Wildman–Crippen MR) is 117 cm³/mol. The van der Waals surface area contributed by atoms with Gasteiger partial charge in [-0.3, -0.25) is 9.80 Å². The average Bonchev–Trinajstić information content (AvgIpc) is 2.92. The molecule has 2 aliphatic heterocycles. The van der Waals surface area contributed by atoms with E-state index in [1.54, 1.807) is 6.33 Å². The zero-order valence-electron chi connectivity index (χ0n) is 17.7. The molecule has 2 aromatic rings. The minimum atomic E-state index is 0.856. The van der Waals surface area contributed by atoms with E-state index in [-0.39, 0.29) is 0 Å². The second kappa shape index (κ2) is 8.41. The van der Waals surface area contributed by atoms with Crippen LogP contribution in [0, 0.1) is 6.92 Å². The van der Waals surface area contributed by atoms with Crippen molar-refractivity contribution < 1.29 is 0 Å². The first-order valence-electron chi connectivity index (χ1n) is 11.4. The molecule has 3 heterocycles. The van der Waals surface area contributed by atoms with Gasteiger partial charge in [-0.2, -0.15) is 0 Å². The minimum absolute atomic E-state index is 0.856. The van der Waals surface area contributed by atoms with Crippen molar-refractivity contribution in [2.24, 2.45) is 0 Å². The molecular weight excluding hydrogens is 358 g/mol. The molecule has 5 nitrogen and oxygen atoms in total. The molecule has 5 rings (SSSR count). The Morgan fingerprint density at radius 2 is 1.66 bits per heavy atom. The molecule has 0 amide bonds. The first kappa shape index (κ1) is 19.0. The Labute approximate surface area is 174 Å². The lowest BCUT2D eigenvalue weighted by molar-refractivity contribution is 0.120. The molecule has 1 saturated carbocycles. The van der Waals surface area contributed by atoms with Crippen LogP contribution in [0.1, 0.15) is 41.6 Å². The number of hydrogen-bond acceptors (Lipinski definition) is 5. The van der Waals surface area contributed by atoms with E-state index in [0.717, 1.165) is 51.6 Å². The lowest BCUT2D eigenvalue weighted by atomic mass is 9.91. The molecule has 1 saturated heterocycles. The zero-order valence-corrected chi connectivity index (χ0v) is 17.7. The highest BCUT2D eigenvalue weighted by atomic mass is 15.3. The van der Waals surface area contributed by atoms with Crippen molar-refractivity contribution in [2.75, 3.05) is 44.2 Å². The Morgan fingerprint density at radius 1 is 0.897 bits per heavy atom. The van der Waals surface area contributed by atoms with E-state index in [4.69, 9.17) is 4.98 Å². The number of aryl methyl sites for hydroxylation is 1. The number of piperazine rings is 1. The molecule has 0 unspecified atom stereocenters. The van der Waals surface area contributed by atoms with Crippen molar-refractivity contribution in [1.82, 2.24) is 19.8 Å². The van der Waals surface area contributed by atoms with Gasteiger partial charge in [-0.25, -0.2) is 9.97 Å². The fourth-order valence-corrected chi connectivity index (χ4v) is 4.99. The highest BCUT2D eigenvalue weighted by Gasteiger charge is 2.29. The van der Waals surface area contributed by atoms with Gasteiger partial charge in [-0.1, -0.05) is 36.2 Å². The third-order valence-corrected chi connectivity index (χ3v) is 7.09. The Bertz CT molecular complexity index is 822. The van der Waals surface area contributed by atoms with Gasteiger partial charge in [0.25, 0.3) is 0 Å². The molecule has 0 N–H and O–H groups in total. The van der Waals surface area contributed by atoms with E-state index in [2.05, 4.69) is 50.9 Å². The number of anilines is 1. The lowest BCUT2D eigenvalue weighted by Gasteiger charge is -2.43. The summed E-state index contributed by atoms with van der Waals surface area (Å²) >= 11 is 0. The summed E-state index contributed by atoms with van der Waals surface area (Å²) < 4.78 is 0. The highest BCUT2D eigenvalue weighted by molar-refractivity contribution is 5.50. The number of rotatable bonds is 4. The Hall–Kier alpha value is -1.98. The molecular formula is C24H33N5. The largest absolute Gasteiger partial charge is 0.354 e. The normalized spacial score (nSPS) is 21.5. The van der Waals surface area contributed by atoms with Gasteiger partial charge in [0.1, 0.15) is 12.1 Å². The fraction of sp³-hybridized carbons (Fsp3) is 0.583. The van der Waals surface area contributed by atoms with Gasteiger partial charge >= 0.3 is 0 Å². The van der Waals surface area contributed by atoms with Gasteiger partial charge < -0.3 is 4.90 Å². The van der Waals surface area contributed by atoms with Crippen LogP contribution >= 0.6 is 0 Å². The predicted octanol–water partition coefficient (Wildman–Crippen LogP) is 3.06. The van der Waals surface area contributed by atoms with Crippen molar-refractivity contribution in [1.29, 1.82) is 0 Å². The fourth-order valence-electron chi connectivity index (χ4n) is 4.99. The van der Waals surface area contributed by atoms with Crippen molar-refractivity contribution in [3.8, 4) is 0 Å². The SMILES string of the molecule is Cc1ccc(CN2CCc3ncnc(N4CCN(C5CCC5)CC4)c3CC2)cc1. The summed E-state index contributed by atoms with van der Waals surface area (Å²) in [4.78, 5) is 17.2. The number of hydrogen-bond donors (Lipinski definition) is 0. The molecule has 5 heteroatoms. The Morgan fingerprint density at radius 3 is 2.38 bits per heavy atom. The number of nitrogens with zero attached hydrogens (tertiary/aromatic N) is 5. The Balaban J connectivity index is 1.25. The zero-order chi connectivity index (χ0) is 19.6. The smallest absolute Gasteiger partial charge is 0.135 e. The Kier molecular flexibility index (Phi) is 5.51. The molecule has 1 aliphatic carbocycles. The topological polar surface area (TPSA) is 35.5 Å². The summed E-state index contributed by atoms with van der Waals surface area (Å²) in [6, 6.07) is 9.82. The number of aromatic nitrogens is 2. The van der Waals surface area contributed by atoms with E-state index in [1.165, 1.54) is 60.6 Å². The quantitative estimate of drug-likeness (QED) is 0.800. The molecule has 0 radical (unpaired) electrons. The highest BCUT2D eigenvalue weighted by Crippen LogP contribution is 2.28.